The van der Waals surface area contributed by atoms with Gasteiger partial charge in [-0.05, 0) is 48.8 Å². The van der Waals surface area contributed by atoms with Gasteiger partial charge in [-0.15, -0.1) is 0 Å². The number of aliphatic hydroxyl groups excluding tert-OH is 2. The zero-order valence-corrected chi connectivity index (χ0v) is 25.1. The van der Waals surface area contributed by atoms with E-state index in [9.17, 15) is 24.2 Å². The maximum absolute atomic E-state index is 14.9. The molecule has 1 heterocycles. The molecule has 2 aromatic carbocycles. The molecular weight excluding hydrogens is 551 g/mol. The molecule has 5 rings (SSSR count). The van der Waals surface area contributed by atoms with Gasteiger partial charge in [-0.2, -0.15) is 0 Å². The second-order valence-electron chi connectivity index (χ2n) is 12.5. The van der Waals surface area contributed by atoms with Crippen LogP contribution in [0.15, 0.2) is 60.2 Å². The van der Waals surface area contributed by atoms with Gasteiger partial charge in [-0.3, -0.25) is 9.59 Å². The van der Waals surface area contributed by atoms with Gasteiger partial charge in [0, 0.05) is 29.8 Å². The maximum Gasteiger partial charge on any atom is 0.249 e. The Morgan fingerprint density at radius 1 is 1.14 bits per heavy atom. The van der Waals surface area contributed by atoms with Gasteiger partial charge >= 0.3 is 0 Å². The van der Waals surface area contributed by atoms with Crippen molar-refractivity contribution in [3.63, 3.8) is 0 Å². The normalized spacial score (nSPS) is 28.0. The molecule has 9 heteroatoms. The molecule has 7 unspecified atom stereocenters. The van der Waals surface area contributed by atoms with E-state index in [4.69, 9.17) is 9.47 Å². The van der Waals surface area contributed by atoms with Crippen molar-refractivity contribution in [3.05, 3.63) is 77.1 Å². The number of amides is 2. The second-order valence-corrected chi connectivity index (χ2v) is 12.5. The lowest BCUT2D eigenvalue weighted by Gasteiger charge is -2.41. The van der Waals surface area contributed by atoms with Crippen LogP contribution in [-0.2, 0) is 20.9 Å². The number of carbonyl (C=O) groups excluding carboxylic acids is 2. The van der Waals surface area contributed by atoms with Crippen LogP contribution in [0.4, 0.5) is 4.39 Å². The zero-order chi connectivity index (χ0) is 30.7. The Balaban J connectivity index is 1.48. The predicted molar refractivity (Wildman–Crippen MR) is 160 cm³/mol. The third kappa shape index (κ3) is 6.64. The summed E-state index contributed by atoms with van der Waals surface area (Å²) in [4.78, 5) is 28.8. The van der Waals surface area contributed by atoms with Crippen molar-refractivity contribution in [2.24, 2.45) is 17.8 Å². The highest BCUT2D eigenvalue weighted by Crippen LogP contribution is 2.47. The molecule has 2 aromatic rings. The van der Waals surface area contributed by atoms with Crippen LogP contribution in [0.1, 0.15) is 57.1 Å². The van der Waals surface area contributed by atoms with E-state index in [2.05, 4.69) is 26.1 Å². The van der Waals surface area contributed by atoms with Gasteiger partial charge in [0.05, 0.1) is 24.7 Å². The number of aliphatic hydroxyl groups is 2. The first kappa shape index (κ1) is 31.2. The number of hydrogen-bond donors (Lipinski definition) is 3. The zero-order valence-electron chi connectivity index (χ0n) is 25.1. The van der Waals surface area contributed by atoms with Crippen molar-refractivity contribution in [2.75, 3.05) is 19.8 Å². The summed E-state index contributed by atoms with van der Waals surface area (Å²) in [7, 11) is 0. The van der Waals surface area contributed by atoms with Crippen molar-refractivity contribution >= 4 is 11.8 Å². The van der Waals surface area contributed by atoms with Gasteiger partial charge in [-0.25, -0.2) is 4.39 Å². The molecule has 232 valence electrons. The molecule has 3 N–H and O–H groups in total. The topological polar surface area (TPSA) is 108 Å². The first-order chi connectivity index (χ1) is 20.7. The summed E-state index contributed by atoms with van der Waals surface area (Å²) in [6.07, 6.45) is 2.49. The van der Waals surface area contributed by atoms with Gasteiger partial charge in [0.2, 0.25) is 11.8 Å². The van der Waals surface area contributed by atoms with Crippen molar-refractivity contribution in [2.45, 2.75) is 76.9 Å². The van der Waals surface area contributed by atoms with Crippen LogP contribution in [0.3, 0.4) is 0 Å². The predicted octanol–water partition coefficient (Wildman–Crippen LogP) is 3.95. The smallest absolute Gasteiger partial charge is 0.249 e. The van der Waals surface area contributed by atoms with Crippen LogP contribution in [0, 0.1) is 23.6 Å². The second kappa shape index (κ2) is 13.6. The summed E-state index contributed by atoms with van der Waals surface area (Å²) < 4.78 is 27.4. The fourth-order valence-corrected chi connectivity index (χ4v) is 6.93. The quantitative estimate of drug-likeness (QED) is 0.385. The molecule has 7 atom stereocenters. The molecule has 43 heavy (non-hydrogen) atoms. The molecule has 2 aliphatic carbocycles. The number of fused-ring (bicyclic) bond motifs is 3. The third-order valence-electron chi connectivity index (χ3n) is 9.24. The monoisotopic (exact) mass is 594 g/mol. The summed E-state index contributed by atoms with van der Waals surface area (Å²) in [5.74, 6) is -0.0935. The minimum absolute atomic E-state index is 0.0474. The molecule has 0 radical (unpaired) electrons. The minimum atomic E-state index is -1.21. The van der Waals surface area contributed by atoms with Crippen molar-refractivity contribution in [1.29, 1.82) is 0 Å². The number of benzene rings is 2. The fourth-order valence-electron chi connectivity index (χ4n) is 6.93. The van der Waals surface area contributed by atoms with Crippen LogP contribution < -0.4 is 10.1 Å². The Morgan fingerprint density at radius 2 is 1.88 bits per heavy atom. The molecule has 3 aliphatic rings. The number of carbonyl (C=O) groups is 2. The van der Waals surface area contributed by atoms with Crippen LogP contribution in [-0.4, -0.2) is 71.0 Å². The molecule has 8 nitrogen and oxygen atoms in total. The molecule has 0 spiro atoms. The van der Waals surface area contributed by atoms with E-state index in [1.807, 2.05) is 18.2 Å². The summed E-state index contributed by atoms with van der Waals surface area (Å²) in [5.41, 5.74) is 1.37. The van der Waals surface area contributed by atoms with Crippen molar-refractivity contribution in [1.82, 2.24) is 10.2 Å². The van der Waals surface area contributed by atoms with E-state index < -0.39 is 41.8 Å². The van der Waals surface area contributed by atoms with Crippen molar-refractivity contribution in [3.8, 4) is 5.75 Å². The third-order valence-corrected chi connectivity index (χ3v) is 9.24. The molecule has 0 saturated heterocycles. The summed E-state index contributed by atoms with van der Waals surface area (Å²) >= 11 is 0. The van der Waals surface area contributed by atoms with Gasteiger partial charge < -0.3 is 29.9 Å². The van der Waals surface area contributed by atoms with Gasteiger partial charge in [0.1, 0.15) is 30.4 Å². The van der Waals surface area contributed by atoms with E-state index in [1.54, 1.807) is 30.3 Å². The number of rotatable bonds is 10. The van der Waals surface area contributed by atoms with Gasteiger partial charge in [0.25, 0.3) is 0 Å². The number of halogens is 1. The lowest BCUT2D eigenvalue weighted by molar-refractivity contribution is -0.148. The molecule has 0 bridgehead atoms. The Morgan fingerprint density at radius 3 is 2.63 bits per heavy atom. The van der Waals surface area contributed by atoms with E-state index in [-0.39, 0.29) is 38.0 Å². The van der Waals surface area contributed by atoms with E-state index in [1.165, 1.54) is 11.0 Å². The Bertz CT molecular complexity index is 1330. The van der Waals surface area contributed by atoms with Crippen LogP contribution >= 0.6 is 0 Å². The highest BCUT2D eigenvalue weighted by Gasteiger charge is 2.50. The molecule has 1 fully saturated rings. The van der Waals surface area contributed by atoms with E-state index in [0.29, 0.717) is 29.1 Å². The number of nitrogens with one attached hydrogen (secondary N) is 1. The molecule has 0 aromatic heterocycles. The minimum Gasteiger partial charge on any atom is -0.486 e. The number of para-hydroxylation sites is 1. The Kier molecular flexibility index (Phi) is 9.84. The highest BCUT2D eigenvalue weighted by molar-refractivity contribution is 5.96. The number of hydrogen-bond acceptors (Lipinski definition) is 6. The molecule has 2 amide bonds. The molecule has 1 aliphatic heterocycles. The summed E-state index contributed by atoms with van der Waals surface area (Å²) in [6, 6.07) is 12.5. The van der Waals surface area contributed by atoms with E-state index >= 15 is 0 Å². The average molecular weight is 595 g/mol. The Hall–Kier alpha value is -3.27. The van der Waals surface area contributed by atoms with E-state index in [0.717, 1.165) is 24.8 Å². The fraction of sp³-hybridized carbons (Fsp3) is 0.529. The SMILES string of the molecule is CC1CCC(C(C)C)C(OCC(=O)N(Cc2ccccc2F)C2C=C(C(=O)NCCO)C3c4ccccc4OC3C2O)C1. The standard InChI is InChI=1S/C34H43FN2O6/c1-20(2)23-13-12-21(3)16-29(23)42-19-30(39)37(18-22-8-4-6-10-26(22)35)27-17-25(34(41)36-14-15-38)31-24-9-5-7-11-28(24)43-33(31)32(27)40/h4-11,17,20-21,23,27,29,31-33,38,40H,12-16,18-19H2,1-3H3,(H,36,41). The first-order valence-corrected chi connectivity index (χ1v) is 15.4. The average Bonchev–Trinajstić information content (AvgIpc) is 3.39. The molecule has 1 saturated carbocycles. The van der Waals surface area contributed by atoms with Gasteiger partial charge in [0.15, 0.2) is 0 Å². The van der Waals surface area contributed by atoms with Crippen LogP contribution in [0.25, 0.3) is 0 Å². The first-order valence-electron chi connectivity index (χ1n) is 15.4. The highest BCUT2D eigenvalue weighted by atomic mass is 19.1. The maximum atomic E-state index is 14.9. The summed E-state index contributed by atoms with van der Waals surface area (Å²) in [5, 5.41) is 23.8. The lowest BCUT2D eigenvalue weighted by Crippen LogP contribution is -2.56. The number of ether oxygens (including phenoxy) is 2. The largest absolute Gasteiger partial charge is 0.486 e. The van der Waals surface area contributed by atoms with Crippen molar-refractivity contribution < 1.29 is 33.7 Å². The van der Waals surface area contributed by atoms with Crippen LogP contribution in [0.5, 0.6) is 5.75 Å². The molecular formula is C34H43FN2O6. The number of nitrogens with zero attached hydrogens (tertiary/aromatic N) is 1. The lowest BCUT2D eigenvalue weighted by atomic mass is 9.75. The summed E-state index contributed by atoms with van der Waals surface area (Å²) in [6.45, 7) is 6.00. The Labute approximate surface area is 252 Å². The van der Waals surface area contributed by atoms with Gasteiger partial charge in [-0.1, -0.05) is 63.6 Å². The van der Waals surface area contributed by atoms with Crippen LogP contribution in [0.2, 0.25) is 0 Å².